The van der Waals surface area contributed by atoms with Crippen LogP contribution in [0.1, 0.15) is 34.5 Å². The van der Waals surface area contributed by atoms with Gasteiger partial charge in [0.05, 0.1) is 18.3 Å². The minimum Gasteiger partial charge on any atom is -0.317 e. The molecule has 0 aliphatic heterocycles. The Hall–Kier alpha value is -2.68. The highest BCUT2D eigenvalue weighted by Crippen LogP contribution is 2.36. The van der Waals surface area contributed by atoms with Crippen LogP contribution in [0.25, 0.3) is 16.2 Å². The fraction of sp³-hybridized carbons (Fsp3) is 0.217. The molecule has 3 nitrogen and oxygen atoms in total. The molecule has 140 valence electrons. The highest BCUT2D eigenvalue weighted by Gasteiger charge is 2.21. The molecule has 1 aromatic carbocycles. The van der Waals surface area contributed by atoms with Crippen LogP contribution in [0.5, 0.6) is 0 Å². The van der Waals surface area contributed by atoms with Crippen molar-refractivity contribution >= 4 is 44.0 Å². The summed E-state index contributed by atoms with van der Waals surface area (Å²) in [4.78, 5) is 8.31. The minimum absolute atomic E-state index is 0.774. The Labute approximate surface area is 173 Å². The molecule has 2 aromatic heterocycles. The van der Waals surface area contributed by atoms with Crippen LogP contribution in [0.4, 0.5) is 5.13 Å². The average molecular weight is 404 g/mol. The second-order valence-corrected chi connectivity index (χ2v) is 8.99. The standard InChI is InChI=1S/C23H21N3S2/c1-4-20-16(3)28-23(25-20)26(19-10-8-17(12-24)9-11-19)13-18-14-27-21-7-5-6-15(2)22(18)21/h4-8,10,14H,1,9,11,13H2,2-3H3. The van der Waals surface area contributed by atoms with Gasteiger partial charge in [0.2, 0.25) is 0 Å². The summed E-state index contributed by atoms with van der Waals surface area (Å²) < 4.78 is 1.32. The number of hydrogen-bond donors (Lipinski definition) is 0. The molecule has 3 aromatic rings. The predicted molar refractivity (Wildman–Crippen MR) is 121 cm³/mol. The molecular weight excluding hydrogens is 382 g/mol. The topological polar surface area (TPSA) is 39.9 Å². The second kappa shape index (κ2) is 7.75. The van der Waals surface area contributed by atoms with E-state index < -0.39 is 0 Å². The zero-order chi connectivity index (χ0) is 19.7. The van der Waals surface area contributed by atoms with Gasteiger partial charge in [0, 0.05) is 26.2 Å². The van der Waals surface area contributed by atoms with Gasteiger partial charge in [-0.3, -0.25) is 0 Å². The molecule has 0 bridgehead atoms. The highest BCUT2D eigenvalue weighted by molar-refractivity contribution is 7.17. The van der Waals surface area contributed by atoms with Crippen LogP contribution in [0.3, 0.4) is 0 Å². The number of fused-ring (bicyclic) bond motifs is 1. The van der Waals surface area contributed by atoms with Gasteiger partial charge < -0.3 is 4.90 Å². The molecule has 0 amide bonds. The van der Waals surface area contributed by atoms with Crippen LogP contribution in [0, 0.1) is 25.2 Å². The van der Waals surface area contributed by atoms with E-state index in [4.69, 9.17) is 4.98 Å². The molecule has 1 aliphatic carbocycles. The number of aryl methyl sites for hydroxylation is 2. The van der Waals surface area contributed by atoms with Crippen LogP contribution in [-0.4, -0.2) is 4.98 Å². The Bertz CT molecular complexity index is 1150. The van der Waals surface area contributed by atoms with Gasteiger partial charge in [0.1, 0.15) is 0 Å². The monoisotopic (exact) mass is 403 g/mol. The molecule has 5 heteroatoms. The summed E-state index contributed by atoms with van der Waals surface area (Å²) in [6.07, 6.45) is 7.47. The zero-order valence-corrected chi connectivity index (χ0v) is 17.7. The van der Waals surface area contributed by atoms with Crippen molar-refractivity contribution < 1.29 is 0 Å². The van der Waals surface area contributed by atoms with E-state index in [0.717, 1.165) is 35.8 Å². The Balaban J connectivity index is 1.79. The SMILES string of the molecule is C=Cc1nc(N(Cc2csc3cccc(C)c23)C2=CC=C(C#N)CC2)sc1C. The number of thiazole rings is 1. The van der Waals surface area contributed by atoms with Crippen molar-refractivity contribution in [3.8, 4) is 6.07 Å². The van der Waals surface area contributed by atoms with E-state index in [1.165, 1.54) is 31.8 Å². The van der Waals surface area contributed by atoms with E-state index >= 15 is 0 Å². The van der Waals surface area contributed by atoms with Crippen molar-refractivity contribution in [1.82, 2.24) is 4.98 Å². The summed E-state index contributed by atoms with van der Waals surface area (Å²) in [7, 11) is 0. The first-order chi connectivity index (χ1) is 13.6. The van der Waals surface area contributed by atoms with Gasteiger partial charge in [-0.1, -0.05) is 18.7 Å². The van der Waals surface area contributed by atoms with Crippen molar-refractivity contribution in [2.45, 2.75) is 33.2 Å². The molecule has 0 saturated heterocycles. The number of nitrogens with zero attached hydrogens (tertiary/aromatic N) is 3. The number of rotatable bonds is 5. The molecule has 0 fully saturated rings. The summed E-state index contributed by atoms with van der Waals surface area (Å²) in [6.45, 7) is 8.93. The Morgan fingerprint density at radius 2 is 2.14 bits per heavy atom. The first-order valence-electron chi connectivity index (χ1n) is 9.23. The maximum absolute atomic E-state index is 9.18. The number of anilines is 1. The van der Waals surface area contributed by atoms with Crippen LogP contribution >= 0.6 is 22.7 Å². The van der Waals surface area contributed by atoms with Crippen LogP contribution in [0.2, 0.25) is 0 Å². The average Bonchev–Trinajstić information content (AvgIpc) is 3.30. The number of aromatic nitrogens is 1. The quantitative estimate of drug-likeness (QED) is 0.473. The normalized spacial score (nSPS) is 13.8. The summed E-state index contributed by atoms with van der Waals surface area (Å²) in [6, 6.07) is 8.76. The molecule has 0 atom stereocenters. The molecule has 0 unspecified atom stereocenters. The van der Waals surface area contributed by atoms with Gasteiger partial charge in [-0.25, -0.2) is 4.98 Å². The van der Waals surface area contributed by atoms with Gasteiger partial charge in [0.25, 0.3) is 0 Å². The molecule has 0 spiro atoms. The molecule has 0 saturated carbocycles. The van der Waals surface area contributed by atoms with E-state index in [1.54, 1.807) is 22.7 Å². The van der Waals surface area contributed by atoms with Crippen molar-refractivity contribution in [3.63, 3.8) is 0 Å². The smallest absolute Gasteiger partial charge is 0.190 e. The fourth-order valence-electron chi connectivity index (χ4n) is 3.57. The molecular formula is C23H21N3S2. The third kappa shape index (κ3) is 3.42. The largest absolute Gasteiger partial charge is 0.317 e. The molecule has 0 N–H and O–H groups in total. The summed E-state index contributed by atoms with van der Waals surface area (Å²) in [5.74, 6) is 0. The van der Waals surface area contributed by atoms with Crippen molar-refractivity contribution in [2.24, 2.45) is 0 Å². The number of thiophene rings is 1. The van der Waals surface area contributed by atoms with Gasteiger partial charge in [-0.2, -0.15) is 5.26 Å². The van der Waals surface area contributed by atoms with Gasteiger partial charge in [-0.05, 0) is 67.5 Å². The minimum atomic E-state index is 0.774. The third-order valence-electron chi connectivity index (χ3n) is 5.08. The van der Waals surface area contributed by atoms with Crippen LogP contribution < -0.4 is 4.90 Å². The molecule has 0 radical (unpaired) electrons. The summed E-state index contributed by atoms with van der Waals surface area (Å²) >= 11 is 3.49. The van der Waals surface area contributed by atoms with Crippen molar-refractivity contribution in [1.29, 1.82) is 5.26 Å². The lowest BCUT2D eigenvalue weighted by atomic mass is 10.0. The number of nitriles is 1. The number of benzene rings is 1. The number of hydrogen-bond acceptors (Lipinski definition) is 5. The fourth-order valence-corrected chi connectivity index (χ4v) is 5.54. The van der Waals surface area contributed by atoms with Gasteiger partial charge in [-0.15, -0.1) is 22.7 Å². The third-order valence-corrected chi connectivity index (χ3v) is 7.08. The van der Waals surface area contributed by atoms with E-state index in [1.807, 2.05) is 12.2 Å². The van der Waals surface area contributed by atoms with Crippen LogP contribution in [0.15, 0.2) is 53.6 Å². The van der Waals surface area contributed by atoms with E-state index in [2.05, 4.69) is 61.1 Å². The first-order valence-corrected chi connectivity index (χ1v) is 10.9. The summed E-state index contributed by atoms with van der Waals surface area (Å²) in [5, 5.41) is 13.8. The van der Waals surface area contributed by atoms with Crippen molar-refractivity contribution in [3.05, 3.63) is 75.3 Å². The van der Waals surface area contributed by atoms with Gasteiger partial charge in [0.15, 0.2) is 5.13 Å². The molecule has 4 rings (SSSR count). The zero-order valence-electron chi connectivity index (χ0n) is 16.0. The lowest BCUT2D eigenvalue weighted by Gasteiger charge is -2.26. The lowest BCUT2D eigenvalue weighted by Crippen LogP contribution is -2.23. The Kier molecular flexibility index (Phi) is 5.17. The molecule has 1 aliphatic rings. The van der Waals surface area contributed by atoms with Crippen LogP contribution in [-0.2, 0) is 6.54 Å². The van der Waals surface area contributed by atoms with Gasteiger partial charge >= 0.3 is 0 Å². The summed E-state index contributed by atoms with van der Waals surface area (Å²) in [5.41, 5.74) is 5.61. The highest BCUT2D eigenvalue weighted by atomic mass is 32.1. The van der Waals surface area contributed by atoms with Crippen molar-refractivity contribution in [2.75, 3.05) is 4.90 Å². The lowest BCUT2D eigenvalue weighted by molar-refractivity contribution is 0.813. The van der Waals surface area contributed by atoms with E-state index in [-0.39, 0.29) is 0 Å². The Morgan fingerprint density at radius 3 is 2.82 bits per heavy atom. The Morgan fingerprint density at radius 1 is 1.29 bits per heavy atom. The molecule has 2 heterocycles. The second-order valence-electron chi connectivity index (χ2n) is 6.90. The van der Waals surface area contributed by atoms with E-state index in [0.29, 0.717) is 0 Å². The maximum Gasteiger partial charge on any atom is 0.190 e. The predicted octanol–water partition coefficient (Wildman–Crippen LogP) is 6.75. The number of allylic oxidation sites excluding steroid dienone is 4. The van der Waals surface area contributed by atoms with E-state index in [9.17, 15) is 5.26 Å². The maximum atomic E-state index is 9.18. The molecule has 28 heavy (non-hydrogen) atoms. The first kappa shape index (κ1) is 18.7.